The van der Waals surface area contributed by atoms with Crippen molar-refractivity contribution in [2.45, 2.75) is 6.61 Å². The summed E-state index contributed by atoms with van der Waals surface area (Å²) in [6.45, 7) is 0.554. The fourth-order valence-corrected chi connectivity index (χ4v) is 0.685. The Labute approximate surface area is 53.8 Å². The maximum atomic E-state index is 5.52. The first-order chi connectivity index (χ1) is 4.34. The van der Waals surface area contributed by atoms with Gasteiger partial charge >= 0.3 is 0 Å². The van der Waals surface area contributed by atoms with Crippen molar-refractivity contribution < 1.29 is 4.74 Å². The van der Waals surface area contributed by atoms with Crippen LogP contribution in [-0.4, -0.2) is 12.1 Å². The number of aromatic nitrogens is 1. The van der Waals surface area contributed by atoms with E-state index in [4.69, 9.17) is 10.5 Å². The number of rotatable bonds is 2. The number of hydrogen-bond acceptors (Lipinski definition) is 2. The Hall–Kier alpha value is -0.960. The number of ether oxygens (including phenoxy) is 1. The number of H-pyrrole nitrogens is 1. The maximum absolute atomic E-state index is 5.52. The van der Waals surface area contributed by atoms with E-state index < -0.39 is 0 Å². The van der Waals surface area contributed by atoms with E-state index >= 15 is 0 Å². The van der Waals surface area contributed by atoms with Crippen molar-refractivity contribution in [1.82, 2.24) is 4.98 Å². The monoisotopic (exact) mass is 126 g/mol. The molecule has 0 bridgehead atoms. The van der Waals surface area contributed by atoms with E-state index in [0.717, 1.165) is 11.4 Å². The highest BCUT2D eigenvalue weighted by atomic mass is 16.5. The van der Waals surface area contributed by atoms with Crippen LogP contribution in [0, 0.1) is 0 Å². The molecule has 3 N–H and O–H groups in total. The molecule has 1 aromatic heterocycles. The van der Waals surface area contributed by atoms with Gasteiger partial charge in [0.2, 0.25) is 0 Å². The van der Waals surface area contributed by atoms with Crippen molar-refractivity contribution in [2.75, 3.05) is 12.8 Å². The van der Waals surface area contributed by atoms with Crippen molar-refractivity contribution in [2.24, 2.45) is 0 Å². The van der Waals surface area contributed by atoms with Gasteiger partial charge in [0.1, 0.15) is 0 Å². The second-order valence-electron chi connectivity index (χ2n) is 1.84. The minimum atomic E-state index is 0.554. The highest BCUT2D eigenvalue weighted by Gasteiger charge is 1.95. The summed E-state index contributed by atoms with van der Waals surface area (Å²) >= 11 is 0. The van der Waals surface area contributed by atoms with Gasteiger partial charge in [0.25, 0.3) is 0 Å². The second-order valence-corrected chi connectivity index (χ2v) is 1.84. The normalized spacial score (nSPS) is 9.89. The molecule has 0 aliphatic rings. The van der Waals surface area contributed by atoms with Gasteiger partial charge in [-0.05, 0) is 6.07 Å². The van der Waals surface area contributed by atoms with Gasteiger partial charge in [-0.15, -0.1) is 0 Å². The molecule has 1 heterocycles. The van der Waals surface area contributed by atoms with Crippen LogP contribution in [0.25, 0.3) is 0 Å². The van der Waals surface area contributed by atoms with Crippen molar-refractivity contribution in [3.8, 4) is 0 Å². The molecule has 0 saturated carbocycles. The van der Waals surface area contributed by atoms with Gasteiger partial charge in [-0.25, -0.2) is 0 Å². The molecule has 0 amide bonds. The van der Waals surface area contributed by atoms with Gasteiger partial charge in [-0.2, -0.15) is 0 Å². The van der Waals surface area contributed by atoms with Gasteiger partial charge < -0.3 is 15.5 Å². The molecule has 0 aliphatic carbocycles. The molecule has 0 unspecified atom stereocenters. The summed E-state index contributed by atoms with van der Waals surface area (Å²) in [6, 6.07) is 1.81. The fraction of sp³-hybridized carbons (Fsp3) is 0.333. The van der Waals surface area contributed by atoms with Gasteiger partial charge in [-0.1, -0.05) is 0 Å². The molecule has 0 radical (unpaired) electrons. The van der Waals surface area contributed by atoms with Crippen molar-refractivity contribution in [3.05, 3.63) is 18.0 Å². The average molecular weight is 126 g/mol. The standard InChI is InChI=1S/C6H10N2O/c1-9-4-6-5(7)2-3-8-6/h2-3,8H,4,7H2,1H3. The third-order valence-corrected chi connectivity index (χ3v) is 1.16. The zero-order chi connectivity index (χ0) is 6.69. The summed E-state index contributed by atoms with van der Waals surface area (Å²) in [7, 11) is 1.64. The predicted octanol–water partition coefficient (Wildman–Crippen LogP) is 0.743. The smallest absolute Gasteiger partial charge is 0.0882 e. The Morgan fingerprint density at radius 3 is 3.00 bits per heavy atom. The molecule has 0 aromatic carbocycles. The van der Waals surface area contributed by atoms with Crippen molar-refractivity contribution in [3.63, 3.8) is 0 Å². The van der Waals surface area contributed by atoms with Crippen LogP contribution in [-0.2, 0) is 11.3 Å². The van der Waals surface area contributed by atoms with Crippen LogP contribution in [0.2, 0.25) is 0 Å². The molecule has 0 aliphatic heterocycles. The van der Waals surface area contributed by atoms with Crippen LogP contribution < -0.4 is 5.73 Å². The number of methoxy groups -OCH3 is 1. The number of anilines is 1. The number of nitrogens with two attached hydrogens (primary N) is 1. The number of aromatic amines is 1. The maximum Gasteiger partial charge on any atom is 0.0882 e. The fourth-order valence-electron chi connectivity index (χ4n) is 0.685. The van der Waals surface area contributed by atoms with Crippen LogP contribution in [0.1, 0.15) is 5.69 Å². The summed E-state index contributed by atoms with van der Waals surface area (Å²) in [5.74, 6) is 0. The molecular weight excluding hydrogens is 116 g/mol. The lowest BCUT2D eigenvalue weighted by Gasteiger charge is -1.95. The number of nitrogen functional groups attached to an aromatic ring is 1. The van der Waals surface area contributed by atoms with Gasteiger partial charge in [0, 0.05) is 13.3 Å². The lowest BCUT2D eigenvalue weighted by atomic mass is 10.4. The Morgan fingerprint density at radius 2 is 2.56 bits per heavy atom. The molecule has 9 heavy (non-hydrogen) atoms. The zero-order valence-electron chi connectivity index (χ0n) is 5.35. The van der Waals surface area contributed by atoms with Crippen LogP contribution in [0.15, 0.2) is 12.3 Å². The van der Waals surface area contributed by atoms with E-state index in [1.54, 1.807) is 13.3 Å². The highest BCUT2D eigenvalue weighted by molar-refractivity contribution is 5.42. The van der Waals surface area contributed by atoms with Crippen LogP contribution >= 0.6 is 0 Å². The Morgan fingerprint density at radius 1 is 1.78 bits per heavy atom. The lowest BCUT2D eigenvalue weighted by molar-refractivity contribution is 0.182. The lowest BCUT2D eigenvalue weighted by Crippen LogP contribution is -1.92. The summed E-state index contributed by atoms with van der Waals surface area (Å²) in [4.78, 5) is 2.96. The predicted molar refractivity (Wildman–Crippen MR) is 35.9 cm³/mol. The van der Waals surface area contributed by atoms with Crippen LogP contribution in [0.4, 0.5) is 5.69 Å². The first kappa shape index (κ1) is 6.16. The topological polar surface area (TPSA) is 51.0 Å². The Bertz CT molecular complexity index is 183. The quantitative estimate of drug-likeness (QED) is 0.614. The summed E-state index contributed by atoms with van der Waals surface area (Å²) < 4.78 is 4.86. The van der Waals surface area contributed by atoms with Crippen LogP contribution in [0.5, 0.6) is 0 Å². The summed E-state index contributed by atoms with van der Waals surface area (Å²) in [5.41, 5.74) is 7.22. The molecule has 3 heteroatoms. The Balaban J connectivity index is 2.69. The first-order valence-electron chi connectivity index (χ1n) is 2.75. The van der Waals surface area contributed by atoms with E-state index in [1.807, 2.05) is 6.07 Å². The number of nitrogens with one attached hydrogen (secondary N) is 1. The van der Waals surface area contributed by atoms with E-state index in [-0.39, 0.29) is 0 Å². The third kappa shape index (κ3) is 1.23. The van der Waals surface area contributed by atoms with Crippen molar-refractivity contribution >= 4 is 5.69 Å². The minimum Gasteiger partial charge on any atom is -0.397 e. The van der Waals surface area contributed by atoms with E-state index in [1.165, 1.54) is 0 Å². The van der Waals surface area contributed by atoms with Gasteiger partial charge in [-0.3, -0.25) is 0 Å². The molecule has 0 atom stereocenters. The molecule has 3 nitrogen and oxygen atoms in total. The summed E-state index contributed by atoms with van der Waals surface area (Å²) in [6.07, 6.45) is 1.80. The molecule has 50 valence electrons. The van der Waals surface area contributed by atoms with Crippen LogP contribution in [0.3, 0.4) is 0 Å². The summed E-state index contributed by atoms with van der Waals surface area (Å²) in [5, 5.41) is 0. The molecule has 0 spiro atoms. The SMILES string of the molecule is COCc1[nH]ccc1N. The molecule has 1 aromatic rings. The second kappa shape index (κ2) is 2.55. The van der Waals surface area contributed by atoms with E-state index in [2.05, 4.69) is 4.98 Å². The average Bonchev–Trinajstić information content (AvgIpc) is 2.18. The number of hydrogen-bond donors (Lipinski definition) is 2. The zero-order valence-corrected chi connectivity index (χ0v) is 5.35. The van der Waals surface area contributed by atoms with Gasteiger partial charge in [0.15, 0.2) is 0 Å². The first-order valence-corrected chi connectivity index (χ1v) is 2.75. The van der Waals surface area contributed by atoms with E-state index in [9.17, 15) is 0 Å². The molecule has 0 fully saturated rings. The molecular formula is C6H10N2O. The molecule has 1 rings (SSSR count). The Kier molecular flexibility index (Phi) is 1.75. The van der Waals surface area contributed by atoms with Crippen molar-refractivity contribution in [1.29, 1.82) is 0 Å². The molecule has 0 saturated heterocycles. The van der Waals surface area contributed by atoms with Gasteiger partial charge in [0.05, 0.1) is 18.0 Å². The highest BCUT2D eigenvalue weighted by Crippen LogP contribution is 2.07. The third-order valence-electron chi connectivity index (χ3n) is 1.16. The minimum absolute atomic E-state index is 0.554. The largest absolute Gasteiger partial charge is 0.397 e. The van der Waals surface area contributed by atoms with E-state index in [0.29, 0.717) is 6.61 Å².